The van der Waals surface area contributed by atoms with Crippen molar-refractivity contribution in [2.75, 3.05) is 12.3 Å². The molecule has 0 atom stereocenters. The molecule has 0 aliphatic rings. The van der Waals surface area contributed by atoms with E-state index >= 15 is 0 Å². The zero-order valence-electron chi connectivity index (χ0n) is 10.6. The largest absolute Gasteiger partial charge is 0.468 e. The van der Waals surface area contributed by atoms with Crippen molar-refractivity contribution in [2.45, 2.75) is 44.9 Å². The number of nitrogens with two attached hydrogens (primary N) is 1. The van der Waals surface area contributed by atoms with Crippen LogP contribution in [0.4, 0.5) is 0 Å². The number of hydrogen-bond acceptors (Lipinski definition) is 3. The van der Waals surface area contributed by atoms with Crippen LogP contribution >= 0.6 is 11.8 Å². The Morgan fingerprint density at radius 1 is 1.38 bits per heavy atom. The summed E-state index contributed by atoms with van der Waals surface area (Å²) < 4.78 is 5.26. The first-order chi connectivity index (χ1) is 7.55. The van der Waals surface area contributed by atoms with E-state index in [2.05, 4.69) is 13.8 Å². The summed E-state index contributed by atoms with van der Waals surface area (Å²) in [6.07, 6.45) is 5.48. The zero-order valence-corrected chi connectivity index (χ0v) is 11.4. The van der Waals surface area contributed by atoms with Gasteiger partial charge < -0.3 is 10.2 Å². The molecule has 0 spiro atoms. The molecule has 0 saturated carbocycles. The average Bonchev–Trinajstić information content (AvgIpc) is 2.64. The summed E-state index contributed by atoms with van der Waals surface area (Å²) in [7, 11) is 0. The number of thioether (sulfide) groups is 1. The van der Waals surface area contributed by atoms with Crippen molar-refractivity contribution in [1.82, 2.24) is 0 Å². The SMILES string of the molecule is Cc1occc1SCCCCC(C)(C)CN. The van der Waals surface area contributed by atoms with Crippen LogP contribution in [-0.4, -0.2) is 12.3 Å². The molecule has 16 heavy (non-hydrogen) atoms. The first-order valence-electron chi connectivity index (χ1n) is 5.92. The van der Waals surface area contributed by atoms with Crippen LogP contribution in [0.25, 0.3) is 0 Å². The van der Waals surface area contributed by atoms with Gasteiger partial charge in [0.15, 0.2) is 0 Å². The highest BCUT2D eigenvalue weighted by molar-refractivity contribution is 7.99. The quantitative estimate of drug-likeness (QED) is 0.582. The van der Waals surface area contributed by atoms with Gasteiger partial charge in [0, 0.05) is 4.90 Å². The van der Waals surface area contributed by atoms with Crippen molar-refractivity contribution >= 4 is 11.8 Å². The van der Waals surface area contributed by atoms with Crippen LogP contribution in [0.3, 0.4) is 0 Å². The molecule has 1 heterocycles. The van der Waals surface area contributed by atoms with Crippen molar-refractivity contribution in [3.8, 4) is 0 Å². The Morgan fingerprint density at radius 3 is 2.69 bits per heavy atom. The fourth-order valence-electron chi connectivity index (χ4n) is 1.51. The van der Waals surface area contributed by atoms with Crippen LogP contribution in [0, 0.1) is 12.3 Å². The van der Waals surface area contributed by atoms with Gasteiger partial charge in [-0.2, -0.15) is 0 Å². The summed E-state index contributed by atoms with van der Waals surface area (Å²) in [5, 5.41) is 0. The molecule has 0 amide bonds. The second-order valence-electron chi connectivity index (χ2n) is 5.01. The van der Waals surface area contributed by atoms with Crippen LogP contribution < -0.4 is 5.73 Å². The predicted molar refractivity (Wildman–Crippen MR) is 70.9 cm³/mol. The number of furan rings is 1. The lowest BCUT2D eigenvalue weighted by atomic mass is 9.88. The number of unbranched alkanes of at least 4 members (excludes halogenated alkanes) is 1. The van der Waals surface area contributed by atoms with Gasteiger partial charge in [0.2, 0.25) is 0 Å². The van der Waals surface area contributed by atoms with E-state index < -0.39 is 0 Å². The molecule has 0 radical (unpaired) electrons. The van der Waals surface area contributed by atoms with Crippen LogP contribution in [0.5, 0.6) is 0 Å². The van der Waals surface area contributed by atoms with Crippen molar-refractivity contribution in [3.05, 3.63) is 18.1 Å². The van der Waals surface area contributed by atoms with Gasteiger partial charge in [-0.15, -0.1) is 11.8 Å². The molecule has 0 aliphatic heterocycles. The summed E-state index contributed by atoms with van der Waals surface area (Å²) in [5.74, 6) is 2.20. The van der Waals surface area contributed by atoms with E-state index in [1.165, 1.54) is 29.9 Å². The van der Waals surface area contributed by atoms with Crippen LogP contribution in [0.15, 0.2) is 21.6 Å². The lowest BCUT2D eigenvalue weighted by Crippen LogP contribution is -2.23. The lowest BCUT2D eigenvalue weighted by molar-refractivity contribution is 0.336. The van der Waals surface area contributed by atoms with Gasteiger partial charge in [-0.1, -0.05) is 20.3 Å². The highest BCUT2D eigenvalue weighted by atomic mass is 32.2. The Balaban J connectivity index is 2.11. The molecule has 0 bridgehead atoms. The molecule has 0 unspecified atom stereocenters. The van der Waals surface area contributed by atoms with E-state index in [0.29, 0.717) is 5.41 Å². The molecule has 2 nitrogen and oxygen atoms in total. The third-order valence-corrected chi connectivity index (χ3v) is 4.10. The lowest BCUT2D eigenvalue weighted by Gasteiger charge is -2.21. The molecule has 2 N–H and O–H groups in total. The predicted octanol–water partition coefficient (Wildman–Crippen LogP) is 3.84. The van der Waals surface area contributed by atoms with E-state index in [1.807, 2.05) is 24.8 Å². The summed E-state index contributed by atoms with van der Waals surface area (Å²) in [6, 6.07) is 2.05. The molecular formula is C13H23NOS. The molecular weight excluding hydrogens is 218 g/mol. The van der Waals surface area contributed by atoms with Crippen molar-refractivity contribution in [3.63, 3.8) is 0 Å². The standard InChI is InChI=1S/C13H23NOS/c1-11-12(6-8-15-11)16-9-5-4-7-13(2,3)10-14/h6,8H,4-5,7,9-10,14H2,1-3H3. The summed E-state index contributed by atoms with van der Waals surface area (Å²) in [5.41, 5.74) is 6.00. The highest BCUT2D eigenvalue weighted by Crippen LogP contribution is 2.26. The molecule has 1 aromatic heterocycles. The van der Waals surface area contributed by atoms with Gasteiger partial charge >= 0.3 is 0 Å². The summed E-state index contributed by atoms with van der Waals surface area (Å²) >= 11 is 1.89. The Morgan fingerprint density at radius 2 is 2.12 bits per heavy atom. The van der Waals surface area contributed by atoms with Gasteiger partial charge in [-0.05, 0) is 43.5 Å². The monoisotopic (exact) mass is 241 g/mol. The van der Waals surface area contributed by atoms with Gasteiger partial charge in [-0.25, -0.2) is 0 Å². The second kappa shape index (κ2) is 6.36. The number of rotatable bonds is 7. The highest BCUT2D eigenvalue weighted by Gasteiger charge is 2.14. The third-order valence-electron chi connectivity index (χ3n) is 2.87. The number of hydrogen-bond donors (Lipinski definition) is 1. The van der Waals surface area contributed by atoms with Crippen molar-refractivity contribution < 1.29 is 4.42 Å². The average molecular weight is 241 g/mol. The van der Waals surface area contributed by atoms with E-state index in [1.54, 1.807) is 6.26 Å². The normalized spacial score (nSPS) is 12.0. The Bertz CT molecular complexity index is 307. The Hall–Kier alpha value is -0.410. The minimum atomic E-state index is 0.302. The molecule has 1 aromatic rings. The Kier molecular flexibility index (Phi) is 5.42. The smallest absolute Gasteiger partial charge is 0.114 e. The molecule has 92 valence electrons. The van der Waals surface area contributed by atoms with Gasteiger partial charge in [0.25, 0.3) is 0 Å². The molecule has 3 heteroatoms. The third kappa shape index (κ3) is 4.62. The zero-order chi connectivity index (χ0) is 12.0. The maximum absolute atomic E-state index is 5.70. The van der Waals surface area contributed by atoms with Gasteiger partial charge in [0.05, 0.1) is 6.26 Å². The maximum atomic E-state index is 5.70. The van der Waals surface area contributed by atoms with Crippen LogP contribution in [0.2, 0.25) is 0 Å². The topological polar surface area (TPSA) is 39.2 Å². The minimum absolute atomic E-state index is 0.302. The van der Waals surface area contributed by atoms with Crippen molar-refractivity contribution in [1.29, 1.82) is 0 Å². The molecule has 0 aliphatic carbocycles. The fraction of sp³-hybridized carbons (Fsp3) is 0.692. The first-order valence-corrected chi connectivity index (χ1v) is 6.91. The van der Waals surface area contributed by atoms with Gasteiger partial charge in [0.1, 0.15) is 5.76 Å². The van der Waals surface area contributed by atoms with E-state index in [0.717, 1.165) is 12.3 Å². The van der Waals surface area contributed by atoms with Gasteiger partial charge in [-0.3, -0.25) is 0 Å². The van der Waals surface area contributed by atoms with E-state index in [4.69, 9.17) is 10.2 Å². The molecule has 0 fully saturated rings. The maximum Gasteiger partial charge on any atom is 0.114 e. The van der Waals surface area contributed by atoms with Crippen molar-refractivity contribution in [2.24, 2.45) is 11.1 Å². The fourth-order valence-corrected chi connectivity index (χ4v) is 2.48. The summed E-state index contributed by atoms with van der Waals surface area (Å²) in [4.78, 5) is 1.28. The molecule has 0 aromatic carbocycles. The second-order valence-corrected chi connectivity index (χ2v) is 6.15. The number of aryl methyl sites for hydroxylation is 1. The Labute approximate surface area is 103 Å². The first kappa shape index (κ1) is 13.7. The molecule has 0 saturated heterocycles. The minimum Gasteiger partial charge on any atom is -0.468 e. The van der Waals surface area contributed by atoms with E-state index in [9.17, 15) is 0 Å². The van der Waals surface area contributed by atoms with Crippen LogP contribution in [0.1, 0.15) is 38.9 Å². The summed E-state index contributed by atoms with van der Waals surface area (Å²) in [6.45, 7) is 7.27. The van der Waals surface area contributed by atoms with Crippen LogP contribution in [-0.2, 0) is 0 Å². The molecule has 1 rings (SSSR count). The van der Waals surface area contributed by atoms with E-state index in [-0.39, 0.29) is 0 Å².